The standard InChI is InChI=1S/C11H22N2O4/c1-2-3-4-5-12-10(16)11(17)13(6-8-14)7-9-15/h14-15H,2-9H2,1H3,(H,12,16). The highest BCUT2D eigenvalue weighted by Crippen LogP contribution is 1.93. The third kappa shape index (κ3) is 6.91. The van der Waals surface area contributed by atoms with Gasteiger partial charge in [0, 0.05) is 19.6 Å². The molecule has 0 radical (unpaired) electrons. The van der Waals surface area contributed by atoms with Crippen LogP contribution in [0.3, 0.4) is 0 Å². The summed E-state index contributed by atoms with van der Waals surface area (Å²) in [6.07, 6.45) is 2.89. The zero-order valence-corrected chi connectivity index (χ0v) is 10.3. The van der Waals surface area contributed by atoms with Gasteiger partial charge in [-0.2, -0.15) is 0 Å². The number of amides is 2. The first-order valence-electron chi connectivity index (χ1n) is 5.96. The van der Waals surface area contributed by atoms with Crippen molar-refractivity contribution >= 4 is 11.8 Å². The SMILES string of the molecule is CCCCCNC(=O)C(=O)N(CCO)CCO. The summed E-state index contributed by atoms with van der Waals surface area (Å²) in [6.45, 7) is 2.19. The van der Waals surface area contributed by atoms with Crippen LogP contribution in [-0.4, -0.2) is 59.8 Å². The molecule has 0 aromatic heterocycles. The molecule has 0 bridgehead atoms. The molecule has 0 saturated carbocycles. The fraction of sp³-hybridized carbons (Fsp3) is 0.818. The van der Waals surface area contributed by atoms with Gasteiger partial charge in [-0.05, 0) is 6.42 Å². The average molecular weight is 246 g/mol. The van der Waals surface area contributed by atoms with E-state index in [-0.39, 0.29) is 26.3 Å². The van der Waals surface area contributed by atoms with E-state index in [1.165, 1.54) is 0 Å². The molecule has 0 atom stereocenters. The number of carbonyl (C=O) groups is 2. The van der Waals surface area contributed by atoms with Crippen molar-refractivity contribution in [3.63, 3.8) is 0 Å². The molecule has 0 saturated heterocycles. The Morgan fingerprint density at radius 3 is 2.18 bits per heavy atom. The monoisotopic (exact) mass is 246 g/mol. The molecule has 0 heterocycles. The van der Waals surface area contributed by atoms with Gasteiger partial charge in [-0.1, -0.05) is 19.8 Å². The Morgan fingerprint density at radius 1 is 1.12 bits per heavy atom. The van der Waals surface area contributed by atoms with Crippen molar-refractivity contribution in [3.05, 3.63) is 0 Å². The Bertz CT molecular complexity index is 228. The van der Waals surface area contributed by atoms with Gasteiger partial charge in [0.15, 0.2) is 0 Å². The van der Waals surface area contributed by atoms with Crippen molar-refractivity contribution in [2.45, 2.75) is 26.2 Å². The van der Waals surface area contributed by atoms with Gasteiger partial charge in [0.2, 0.25) is 0 Å². The van der Waals surface area contributed by atoms with Gasteiger partial charge in [-0.15, -0.1) is 0 Å². The zero-order chi connectivity index (χ0) is 13.1. The highest BCUT2D eigenvalue weighted by atomic mass is 16.3. The molecule has 17 heavy (non-hydrogen) atoms. The molecule has 0 aliphatic rings. The summed E-state index contributed by atoms with van der Waals surface area (Å²) in [7, 11) is 0. The molecule has 0 rings (SSSR count). The van der Waals surface area contributed by atoms with Gasteiger partial charge < -0.3 is 20.4 Å². The van der Waals surface area contributed by atoms with E-state index in [2.05, 4.69) is 12.2 Å². The maximum atomic E-state index is 11.6. The molecule has 0 aliphatic heterocycles. The lowest BCUT2D eigenvalue weighted by Gasteiger charge is -2.19. The summed E-state index contributed by atoms with van der Waals surface area (Å²) in [4.78, 5) is 24.1. The molecule has 6 nitrogen and oxygen atoms in total. The number of unbranched alkanes of at least 4 members (excludes halogenated alkanes) is 2. The van der Waals surface area contributed by atoms with Crippen LogP contribution in [0.4, 0.5) is 0 Å². The lowest BCUT2D eigenvalue weighted by molar-refractivity contribution is -0.146. The Labute approximate surface area is 102 Å². The van der Waals surface area contributed by atoms with Crippen LogP contribution in [0.15, 0.2) is 0 Å². The van der Waals surface area contributed by atoms with Crippen LogP contribution in [0.2, 0.25) is 0 Å². The predicted molar refractivity (Wildman–Crippen MR) is 63.3 cm³/mol. The summed E-state index contributed by atoms with van der Waals surface area (Å²) < 4.78 is 0. The third-order valence-electron chi connectivity index (χ3n) is 2.29. The van der Waals surface area contributed by atoms with E-state index in [4.69, 9.17) is 10.2 Å². The highest BCUT2D eigenvalue weighted by molar-refractivity contribution is 6.35. The van der Waals surface area contributed by atoms with Crippen molar-refractivity contribution < 1.29 is 19.8 Å². The molecule has 2 amide bonds. The number of aliphatic hydroxyl groups is 2. The minimum Gasteiger partial charge on any atom is -0.395 e. The Kier molecular flexibility index (Phi) is 9.37. The molecule has 0 unspecified atom stereocenters. The second-order valence-corrected chi connectivity index (χ2v) is 3.70. The summed E-state index contributed by atoms with van der Waals surface area (Å²) in [5, 5.41) is 20.0. The quantitative estimate of drug-likeness (QED) is 0.383. The molecular formula is C11H22N2O4. The van der Waals surface area contributed by atoms with Crippen LogP contribution in [0.5, 0.6) is 0 Å². The second kappa shape index (κ2) is 10.0. The van der Waals surface area contributed by atoms with Crippen LogP contribution >= 0.6 is 0 Å². The number of nitrogens with one attached hydrogen (secondary N) is 1. The molecule has 0 aliphatic carbocycles. The number of hydrogen-bond acceptors (Lipinski definition) is 4. The van der Waals surface area contributed by atoms with Crippen molar-refractivity contribution in [3.8, 4) is 0 Å². The van der Waals surface area contributed by atoms with Crippen LogP contribution in [0.1, 0.15) is 26.2 Å². The predicted octanol–water partition coefficient (Wildman–Crippen LogP) is -0.894. The van der Waals surface area contributed by atoms with E-state index in [1.807, 2.05) is 0 Å². The molecular weight excluding hydrogens is 224 g/mol. The molecule has 3 N–H and O–H groups in total. The van der Waals surface area contributed by atoms with Gasteiger partial charge in [0.05, 0.1) is 13.2 Å². The average Bonchev–Trinajstić information content (AvgIpc) is 2.33. The Morgan fingerprint density at radius 2 is 1.71 bits per heavy atom. The van der Waals surface area contributed by atoms with Gasteiger partial charge in [0.25, 0.3) is 0 Å². The first kappa shape index (κ1) is 15.9. The van der Waals surface area contributed by atoms with E-state index >= 15 is 0 Å². The molecule has 6 heteroatoms. The van der Waals surface area contributed by atoms with Gasteiger partial charge in [0.1, 0.15) is 0 Å². The highest BCUT2D eigenvalue weighted by Gasteiger charge is 2.20. The molecule has 0 fully saturated rings. The number of hydrogen-bond donors (Lipinski definition) is 3. The van der Waals surface area contributed by atoms with Gasteiger partial charge in [-0.3, -0.25) is 9.59 Å². The number of carbonyl (C=O) groups excluding carboxylic acids is 2. The van der Waals surface area contributed by atoms with Crippen LogP contribution in [0.25, 0.3) is 0 Å². The maximum absolute atomic E-state index is 11.6. The third-order valence-corrected chi connectivity index (χ3v) is 2.29. The van der Waals surface area contributed by atoms with E-state index in [9.17, 15) is 9.59 Å². The first-order chi connectivity index (χ1) is 8.17. The smallest absolute Gasteiger partial charge is 0.312 e. The van der Waals surface area contributed by atoms with Gasteiger partial charge in [-0.25, -0.2) is 0 Å². The summed E-state index contributed by atoms with van der Waals surface area (Å²) in [5.74, 6) is -1.38. The van der Waals surface area contributed by atoms with Crippen LogP contribution in [0, 0.1) is 0 Å². The minimum absolute atomic E-state index is 0.0573. The van der Waals surface area contributed by atoms with Crippen molar-refractivity contribution in [1.82, 2.24) is 10.2 Å². The Balaban J connectivity index is 4.02. The maximum Gasteiger partial charge on any atom is 0.312 e. The Hall–Kier alpha value is -1.14. The van der Waals surface area contributed by atoms with E-state index in [0.717, 1.165) is 24.2 Å². The van der Waals surface area contributed by atoms with Crippen LogP contribution in [-0.2, 0) is 9.59 Å². The van der Waals surface area contributed by atoms with Gasteiger partial charge >= 0.3 is 11.8 Å². The summed E-state index contributed by atoms with van der Waals surface area (Å²) in [6, 6.07) is 0. The van der Waals surface area contributed by atoms with E-state index in [1.54, 1.807) is 0 Å². The lowest BCUT2D eigenvalue weighted by Crippen LogP contribution is -2.45. The number of rotatable bonds is 8. The van der Waals surface area contributed by atoms with E-state index in [0.29, 0.717) is 6.54 Å². The van der Waals surface area contributed by atoms with Crippen molar-refractivity contribution in [2.24, 2.45) is 0 Å². The molecule has 0 aromatic carbocycles. The molecule has 0 aromatic rings. The first-order valence-corrected chi connectivity index (χ1v) is 5.96. The van der Waals surface area contributed by atoms with Crippen LogP contribution < -0.4 is 5.32 Å². The summed E-state index contributed by atoms with van der Waals surface area (Å²) in [5.41, 5.74) is 0. The van der Waals surface area contributed by atoms with E-state index < -0.39 is 11.8 Å². The zero-order valence-electron chi connectivity index (χ0n) is 10.3. The fourth-order valence-electron chi connectivity index (χ4n) is 1.35. The molecule has 100 valence electrons. The second-order valence-electron chi connectivity index (χ2n) is 3.70. The lowest BCUT2D eigenvalue weighted by atomic mass is 10.2. The number of nitrogens with zero attached hydrogens (tertiary/aromatic N) is 1. The minimum atomic E-state index is -0.704. The topological polar surface area (TPSA) is 89.9 Å². The summed E-state index contributed by atoms with van der Waals surface area (Å²) >= 11 is 0. The largest absolute Gasteiger partial charge is 0.395 e. The number of aliphatic hydroxyl groups excluding tert-OH is 2. The van der Waals surface area contributed by atoms with Crippen molar-refractivity contribution in [2.75, 3.05) is 32.8 Å². The van der Waals surface area contributed by atoms with Crippen molar-refractivity contribution in [1.29, 1.82) is 0 Å². The normalized spacial score (nSPS) is 10.1. The molecule has 0 spiro atoms. The fourth-order valence-corrected chi connectivity index (χ4v) is 1.35.